The number of amides is 1. The van der Waals surface area contributed by atoms with Crippen LogP contribution >= 0.6 is 0 Å². The first-order valence-electron chi connectivity index (χ1n) is 6.60. The molecule has 0 spiro atoms. The molecule has 19 heavy (non-hydrogen) atoms. The lowest BCUT2D eigenvalue weighted by atomic mass is 10.0. The number of nitrogens with one attached hydrogen (secondary N) is 1. The van der Waals surface area contributed by atoms with Crippen molar-refractivity contribution < 1.29 is 22.7 Å². The van der Waals surface area contributed by atoms with Crippen LogP contribution in [0.1, 0.15) is 26.2 Å². The van der Waals surface area contributed by atoms with Crippen LogP contribution in [0.25, 0.3) is 0 Å². The molecule has 1 unspecified atom stereocenters. The van der Waals surface area contributed by atoms with Crippen LogP contribution in [0, 0.1) is 0 Å². The number of rotatable bonds is 7. The zero-order valence-corrected chi connectivity index (χ0v) is 11.1. The highest BCUT2D eigenvalue weighted by molar-refractivity contribution is 5.82. The Balaban J connectivity index is 2.27. The van der Waals surface area contributed by atoms with Crippen LogP contribution in [0.2, 0.25) is 0 Å². The standard InChI is InChI=1S/C12H21F3N2O2/c1-2-5-16-10-4-3-6-17(11(10)18)7-8-19-9-12(13,14)15/h10,16H,2-9H2,1H3. The Kier molecular flexibility index (Phi) is 6.57. The Morgan fingerprint density at radius 2 is 2.21 bits per heavy atom. The summed E-state index contributed by atoms with van der Waals surface area (Å²) in [6.45, 7) is 2.27. The smallest absolute Gasteiger partial charge is 0.370 e. The molecule has 1 atom stereocenters. The lowest BCUT2D eigenvalue weighted by Crippen LogP contribution is -2.51. The van der Waals surface area contributed by atoms with Crippen molar-refractivity contribution in [1.29, 1.82) is 0 Å². The van der Waals surface area contributed by atoms with E-state index in [9.17, 15) is 18.0 Å². The van der Waals surface area contributed by atoms with E-state index < -0.39 is 12.8 Å². The Bertz CT molecular complexity index is 285. The predicted molar refractivity (Wildman–Crippen MR) is 64.8 cm³/mol. The second-order valence-corrected chi connectivity index (χ2v) is 4.64. The van der Waals surface area contributed by atoms with Crippen molar-refractivity contribution in [3.05, 3.63) is 0 Å². The molecule has 0 radical (unpaired) electrons. The summed E-state index contributed by atoms with van der Waals surface area (Å²) >= 11 is 0. The van der Waals surface area contributed by atoms with Crippen molar-refractivity contribution in [1.82, 2.24) is 10.2 Å². The number of likely N-dealkylation sites (tertiary alicyclic amines) is 1. The molecular formula is C12H21F3N2O2. The summed E-state index contributed by atoms with van der Waals surface area (Å²) in [5.41, 5.74) is 0. The highest BCUT2D eigenvalue weighted by Crippen LogP contribution is 2.15. The van der Waals surface area contributed by atoms with Gasteiger partial charge in [-0.2, -0.15) is 13.2 Å². The summed E-state index contributed by atoms with van der Waals surface area (Å²) in [4.78, 5) is 13.6. The topological polar surface area (TPSA) is 41.6 Å². The fraction of sp³-hybridized carbons (Fsp3) is 0.917. The molecule has 1 rings (SSSR count). The lowest BCUT2D eigenvalue weighted by Gasteiger charge is -2.32. The summed E-state index contributed by atoms with van der Waals surface area (Å²) in [5, 5.41) is 3.15. The zero-order chi connectivity index (χ0) is 14.3. The van der Waals surface area contributed by atoms with Crippen molar-refractivity contribution in [3.8, 4) is 0 Å². The third kappa shape index (κ3) is 6.24. The minimum Gasteiger partial charge on any atom is -0.370 e. The minimum absolute atomic E-state index is 0.0321. The van der Waals surface area contributed by atoms with Crippen molar-refractivity contribution in [2.45, 2.75) is 38.4 Å². The number of nitrogens with zero attached hydrogens (tertiary/aromatic N) is 1. The third-order valence-corrected chi connectivity index (χ3v) is 2.94. The van der Waals surface area contributed by atoms with E-state index in [-0.39, 0.29) is 25.1 Å². The van der Waals surface area contributed by atoms with Crippen LogP contribution in [0.3, 0.4) is 0 Å². The summed E-state index contributed by atoms with van der Waals surface area (Å²) in [6, 6.07) is -0.198. The second-order valence-electron chi connectivity index (χ2n) is 4.64. The number of hydrogen-bond acceptors (Lipinski definition) is 3. The van der Waals surface area contributed by atoms with Crippen LogP contribution in [-0.2, 0) is 9.53 Å². The minimum atomic E-state index is -4.31. The maximum atomic E-state index is 12.0. The van der Waals surface area contributed by atoms with Crippen molar-refractivity contribution in [2.75, 3.05) is 32.8 Å². The number of ether oxygens (including phenoxy) is 1. The van der Waals surface area contributed by atoms with Gasteiger partial charge in [0.05, 0.1) is 12.6 Å². The summed E-state index contributed by atoms with van der Waals surface area (Å²) < 4.78 is 40.2. The molecule has 0 saturated carbocycles. The first kappa shape index (κ1) is 16.2. The normalized spacial score (nSPS) is 20.9. The van der Waals surface area contributed by atoms with E-state index in [2.05, 4.69) is 10.1 Å². The zero-order valence-electron chi connectivity index (χ0n) is 11.1. The maximum absolute atomic E-state index is 12.0. The van der Waals surface area contributed by atoms with Gasteiger partial charge in [-0.15, -0.1) is 0 Å². The van der Waals surface area contributed by atoms with Gasteiger partial charge in [0.25, 0.3) is 0 Å². The molecule has 7 heteroatoms. The van der Waals surface area contributed by atoms with Crippen molar-refractivity contribution in [2.24, 2.45) is 0 Å². The molecule has 0 aliphatic carbocycles. The summed E-state index contributed by atoms with van der Waals surface area (Å²) in [5.74, 6) is -0.0321. The molecule has 112 valence electrons. The molecule has 1 aliphatic rings. The van der Waals surface area contributed by atoms with Gasteiger partial charge >= 0.3 is 6.18 Å². The number of alkyl halides is 3. The largest absolute Gasteiger partial charge is 0.411 e. The average molecular weight is 282 g/mol. The number of hydrogen-bond donors (Lipinski definition) is 1. The SMILES string of the molecule is CCCNC1CCCN(CCOCC(F)(F)F)C1=O. The average Bonchev–Trinajstić information content (AvgIpc) is 2.33. The van der Waals surface area contributed by atoms with Gasteiger partial charge in [0, 0.05) is 13.1 Å². The van der Waals surface area contributed by atoms with Gasteiger partial charge in [0.15, 0.2) is 0 Å². The lowest BCUT2D eigenvalue weighted by molar-refractivity contribution is -0.175. The molecule has 1 N–H and O–H groups in total. The Hall–Kier alpha value is -0.820. The monoisotopic (exact) mass is 282 g/mol. The summed E-state index contributed by atoms with van der Waals surface area (Å²) in [7, 11) is 0. The summed E-state index contributed by atoms with van der Waals surface area (Å²) in [6.07, 6.45) is -1.71. The molecule has 1 saturated heterocycles. The molecule has 1 fully saturated rings. The van der Waals surface area contributed by atoms with E-state index in [1.54, 1.807) is 4.90 Å². The van der Waals surface area contributed by atoms with E-state index in [4.69, 9.17) is 0 Å². The molecule has 1 amide bonds. The van der Waals surface area contributed by atoms with E-state index in [0.29, 0.717) is 6.54 Å². The number of carbonyl (C=O) groups excluding carboxylic acids is 1. The fourth-order valence-electron chi connectivity index (χ4n) is 2.03. The van der Waals surface area contributed by atoms with Crippen LogP contribution in [0.5, 0.6) is 0 Å². The number of halogens is 3. The molecule has 0 bridgehead atoms. The van der Waals surface area contributed by atoms with Crippen LogP contribution in [-0.4, -0.2) is 55.9 Å². The second kappa shape index (κ2) is 7.69. The maximum Gasteiger partial charge on any atom is 0.411 e. The Morgan fingerprint density at radius 3 is 2.84 bits per heavy atom. The van der Waals surface area contributed by atoms with Gasteiger partial charge in [-0.05, 0) is 25.8 Å². The number of piperidine rings is 1. The van der Waals surface area contributed by atoms with Crippen LogP contribution in [0.4, 0.5) is 13.2 Å². The number of carbonyl (C=O) groups is 1. The molecular weight excluding hydrogens is 261 g/mol. The van der Waals surface area contributed by atoms with Crippen molar-refractivity contribution in [3.63, 3.8) is 0 Å². The quantitative estimate of drug-likeness (QED) is 0.720. The van der Waals surface area contributed by atoms with E-state index in [1.807, 2.05) is 6.92 Å². The molecule has 0 aromatic rings. The molecule has 4 nitrogen and oxygen atoms in total. The van der Waals surface area contributed by atoms with Crippen LogP contribution in [0.15, 0.2) is 0 Å². The molecule has 1 aliphatic heterocycles. The first-order chi connectivity index (χ1) is 8.94. The van der Waals surface area contributed by atoms with Crippen LogP contribution < -0.4 is 5.32 Å². The van der Waals surface area contributed by atoms with E-state index in [1.165, 1.54) is 0 Å². The van der Waals surface area contributed by atoms with Gasteiger partial charge in [-0.1, -0.05) is 6.92 Å². The van der Waals surface area contributed by atoms with Gasteiger partial charge in [0.1, 0.15) is 6.61 Å². The van der Waals surface area contributed by atoms with Gasteiger partial charge in [0.2, 0.25) is 5.91 Å². The first-order valence-corrected chi connectivity index (χ1v) is 6.60. The molecule has 0 aromatic carbocycles. The molecule has 1 heterocycles. The molecule has 0 aromatic heterocycles. The van der Waals surface area contributed by atoms with E-state index in [0.717, 1.165) is 25.8 Å². The predicted octanol–water partition coefficient (Wildman–Crippen LogP) is 1.56. The third-order valence-electron chi connectivity index (χ3n) is 2.94. The van der Waals surface area contributed by atoms with Crippen molar-refractivity contribution >= 4 is 5.91 Å². The van der Waals surface area contributed by atoms with Gasteiger partial charge in [-0.3, -0.25) is 4.79 Å². The van der Waals surface area contributed by atoms with E-state index >= 15 is 0 Å². The highest BCUT2D eigenvalue weighted by Gasteiger charge is 2.29. The Morgan fingerprint density at radius 1 is 1.47 bits per heavy atom. The Labute approximate surface area is 111 Å². The van der Waals surface area contributed by atoms with Gasteiger partial charge < -0.3 is 15.0 Å². The fourth-order valence-corrected chi connectivity index (χ4v) is 2.03. The highest BCUT2D eigenvalue weighted by atomic mass is 19.4. The van der Waals surface area contributed by atoms with Gasteiger partial charge in [-0.25, -0.2) is 0 Å².